The van der Waals surface area contributed by atoms with Gasteiger partial charge in [-0.25, -0.2) is 4.98 Å². The third kappa shape index (κ3) is 5.03. The fourth-order valence-electron chi connectivity index (χ4n) is 2.85. The van der Waals surface area contributed by atoms with Crippen LogP contribution in [0.2, 0.25) is 0 Å². The van der Waals surface area contributed by atoms with Crippen molar-refractivity contribution in [1.29, 1.82) is 0 Å². The van der Waals surface area contributed by atoms with Crippen LogP contribution < -0.4 is 10.9 Å². The van der Waals surface area contributed by atoms with E-state index in [4.69, 9.17) is 0 Å². The molecule has 0 atom stereocenters. The first-order chi connectivity index (χ1) is 13.0. The molecule has 0 saturated heterocycles. The molecule has 7 nitrogen and oxygen atoms in total. The molecule has 0 fully saturated rings. The Kier molecular flexibility index (Phi) is 6.01. The molecule has 0 spiro atoms. The topological polar surface area (TPSA) is 81.8 Å². The molecular weight excluding hydrogens is 342 g/mol. The molecule has 0 aliphatic carbocycles. The van der Waals surface area contributed by atoms with Crippen molar-refractivity contribution >= 4 is 22.5 Å². The molecule has 2 aromatic heterocycles. The number of nitrogens with zero attached hydrogens (tertiary/aromatic N) is 4. The highest BCUT2D eigenvalue weighted by atomic mass is 16.1. The Hall–Kier alpha value is -2.96. The molecule has 0 aliphatic heterocycles. The Morgan fingerprint density at radius 3 is 2.85 bits per heavy atom. The van der Waals surface area contributed by atoms with Gasteiger partial charge in [-0.2, -0.15) is 5.10 Å². The fraction of sp³-hybridized carbons (Fsp3) is 0.400. The molecule has 1 N–H and O–H groups in total. The van der Waals surface area contributed by atoms with Crippen LogP contribution in [0.1, 0.15) is 33.1 Å². The summed E-state index contributed by atoms with van der Waals surface area (Å²) in [6.45, 7) is 5.59. The molecule has 27 heavy (non-hydrogen) atoms. The predicted octanol–water partition coefficient (Wildman–Crippen LogP) is 3.06. The lowest BCUT2D eigenvalue weighted by Gasteiger charge is -2.10. The zero-order valence-corrected chi connectivity index (χ0v) is 15.8. The molecule has 7 heteroatoms. The minimum atomic E-state index is -0.0782. The van der Waals surface area contributed by atoms with E-state index in [-0.39, 0.29) is 11.5 Å². The van der Waals surface area contributed by atoms with Gasteiger partial charge < -0.3 is 5.32 Å². The van der Waals surface area contributed by atoms with Gasteiger partial charge in [-0.1, -0.05) is 13.8 Å². The number of fused-ring (bicyclic) bond motifs is 1. The number of aromatic nitrogens is 4. The van der Waals surface area contributed by atoms with Gasteiger partial charge in [-0.05, 0) is 43.0 Å². The number of carbonyl (C=O) groups excluding carboxylic acids is 1. The highest BCUT2D eigenvalue weighted by molar-refractivity contribution is 5.93. The lowest BCUT2D eigenvalue weighted by molar-refractivity contribution is -0.116. The molecule has 142 valence electrons. The Labute approximate surface area is 158 Å². The van der Waals surface area contributed by atoms with Gasteiger partial charge in [0.1, 0.15) is 0 Å². The molecule has 0 saturated carbocycles. The second-order valence-electron chi connectivity index (χ2n) is 7.08. The van der Waals surface area contributed by atoms with Crippen molar-refractivity contribution in [3.8, 4) is 0 Å². The summed E-state index contributed by atoms with van der Waals surface area (Å²) in [7, 11) is 0. The number of hydrogen-bond donors (Lipinski definition) is 1. The van der Waals surface area contributed by atoms with Gasteiger partial charge in [-0.3, -0.25) is 18.8 Å². The maximum absolute atomic E-state index is 12.7. The Morgan fingerprint density at radius 2 is 2.11 bits per heavy atom. The molecule has 2 heterocycles. The average molecular weight is 367 g/mol. The number of amides is 1. The first kappa shape index (κ1) is 18.8. The summed E-state index contributed by atoms with van der Waals surface area (Å²) >= 11 is 0. The van der Waals surface area contributed by atoms with Crippen molar-refractivity contribution in [1.82, 2.24) is 19.3 Å². The molecule has 3 rings (SSSR count). The Bertz CT molecular complexity index is 960. The van der Waals surface area contributed by atoms with E-state index >= 15 is 0 Å². The second-order valence-corrected chi connectivity index (χ2v) is 7.08. The summed E-state index contributed by atoms with van der Waals surface area (Å²) in [6.07, 6.45) is 7.20. The molecule has 1 amide bonds. The second kappa shape index (κ2) is 8.62. The normalized spacial score (nSPS) is 11.2. The molecule has 0 bridgehead atoms. The van der Waals surface area contributed by atoms with Crippen LogP contribution in [0.25, 0.3) is 10.9 Å². The summed E-state index contributed by atoms with van der Waals surface area (Å²) in [5.41, 5.74) is 1.18. The van der Waals surface area contributed by atoms with Crippen molar-refractivity contribution in [3.63, 3.8) is 0 Å². The van der Waals surface area contributed by atoms with Crippen molar-refractivity contribution in [2.75, 3.05) is 5.32 Å². The molecular formula is C20H25N5O2. The fourth-order valence-corrected chi connectivity index (χ4v) is 2.85. The third-order valence-electron chi connectivity index (χ3n) is 4.41. The zero-order chi connectivity index (χ0) is 19.2. The SMILES string of the molecule is CC(C)CCn1cnc2ccc(NC(=O)CCCn3cccn3)cc2c1=O. The van der Waals surface area contributed by atoms with Gasteiger partial charge in [0, 0.05) is 37.6 Å². The van der Waals surface area contributed by atoms with Crippen LogP contribution in [0, 0.1) is 5.92 Å². The number of hydrogen-bond acceptors (Lipinski definition) is 4. The monoisotopic (exact) mass is 367 g/mol. The predicted molar refractivity (Wildman–Crippen MR) is 106 cm³/mol. The molecule has 1 aromatic carbocycles. The van der Waals surface area contributed by atoms with Gasteiger partial charge in [0.25, 0.3) is 5.56 Å². The average Bonchev–Trinajstić information content (AvgIpc) is 3.15. The van der Waals surface area contributed by atoms with Crippen molar-refractivity contribution in [3.05, 3.63) is 53.3 Å². The van der Waals surface area contributed by atoms with E-state index in [0.29, 0.717) is 48.4 Å². The summed E-state index contributed by atoms with van der Waals surface area (Å²) in [4.78, 5) is 29.2. The molecule has 0 radical (unpaired) electrons. The van der Waals surface area contributed by atoms with E-state index in [1.807, 2.05) is 12.3 Å². The van der Waals surface area contributed by atoms with Crippen molar-refractivity contribution < 1.29 is 4.79 Å². The van der Waals surface area contributed by atoms with Crippen LogP contribution in [-0.2, 0) is 17.9 Å². The van der Waals surface area contributed by atoms with E-state index in [1.54, 1.807) is 40.0 Å². The van der Waals surface area contributed by atoms with E-state index in [2.05, 4.69) is 29.2 Å². The van der Waals surface area contributed by atoms with Crippen LogP contribution in [0.3, 0.4) is 0 Å². The number of carbonyl (C=O) groups is 1. The Balaban J connectivity index is 1.66. The van der Waals surface area contributed by atoms with Gasteiger partial charge >= 0.3 is 0 Å². The van der Waals surface area contributed by atoms with Crippen LogP contribution in [0.4, 0.5) is 5.69 Å². The lowest BCUT2D eigenvalue weighted by atomic mass is 10.1. The van der Waals surface area contributed by atoms with E-state index in [0.717, 1.165) is 6.42 Å². The van der Waals surface area contributed by atoms with Crippen molar-refractivity contribution in [2.45, 2.75) is 46.2 Å². The van der Waals surface area contributed by atoms with Crippen LogP contribution in [-0.4, -0.2) is 25.2 Å². The third-order valence-corrected chi connectivity index (χ3v) is 4.41. The van der Waals surface area contributed by atoms with E-state index in [1.165, 1.54) is 0 Å². The maximum atomic E-state index is 12.7. The zero-order valence-electron chi connectivity index (χ0n) is 15.8. The number of aryl methyl sites for hydroxylation is 2. The highest BCUT2D eigenvalue weighted by Crippen LogP contribution is 2.15. The summed E-state index contributed by atoms with van der Waals surface area (Å²) < 4.78 is 3.44. The number of anilines is 1. The molecule has 0 aliphatic rings. The van der Waals surface area contributed by atoms with Crippen molar-refractivity contribution in [2.24, 2.45) is 5.92 Å². The van der Waals surface area contributed by atoms with Gasteiger partial charge in [0.05, 0.1) is 17.2 Å². The standard InChI is InChI=1S/C20H25N5O2/c1-15(2)8-12-24-14-21-18-7-6-16(13-17(18)20(24)27)23-19(26)5-3-10-25-11-4-9-22-25/h4,6-7,9,11,13-15H,3,5,8,10,12H2,1-2H3,(H,23,26). The minimum absolute atomic E-state index is 0.0737. The smallest absolute Gasteiger partial charge is 0.261 e. The van der Waals surface area contributed by atoms with Crippen LogP contribution in [0.5, 0.6) is 0 Å². The summed E-state index contributed by atoms with van der Waals surface area (Å²) in [5, 5.41) is 7.51. The Morgan fingerprint density at radius 1 is 1.26 bits per heavy atom. The first-order valence-electron chi connectivity index (χ1n) is 9.29. The molecule has 0 unspecified atom stereocenters. The highest BCUT2D eigenvalue weighted by Gasteiger charge is 2.08. The summed E-state index contributed by atoms with van der Waals surface area (Å²) in [5.74, 6) is 0.436. The van der Waals surface area contributed by atoms with Gasteiger partial charge in [-0.15, -0.1) is 0 Å². The maximum Gasteiger partial charge on any atom is 0.261 e. The van der Waals surface area contributed by atoms with Crippen LogP contribution in [0.15, 0.2) is 47.8 Å². The molecule has 3 aromatic rings. The summed E-state index contributed by atoms with van der Waals surface area (Å²) in [6, 6.07) is 7.11. The number of benzene rings is 1. The van der Waals surface area contributed by atoms with Crippen LogP contribution >= 0.6 is 0 Å². The minimum Gasteiger partial charge on any atom is -0.326 e. The quantitative estimate of drug-likeness (QED) is 0.663. The van der Waals surface area contributed by atoms with Gasteiger partial charge in [0.2, 0.25) is 5.91 Å². The van der Waals surface area contributed by atoms with E-state index < -0.39 is 0 Å². The first-order valence-corrected chi connectivity index (χ1v) is 9.29. The number of rotatable bonds is 8. The largest absolute Gasteiger partial charge is 0.326 e. The number of nitrogens with one attached hydrogen (secondary N) is 1. The van der Waals surface area contributed by atoms with E-state index in [9.17, 15) is 9.59 Å². The van der Waals surface area contributed by atoms with Gasteiger partial charge in [0.15, 0.2) is 0 Å². The lowest BCUT2D eigenvalue weighted by Crippen LogP contribution is -2.21.